The van der Waals surface area contributed by atoms with Crippen LogP contribution in [0.25, 0.3) is 0 Å². The number of hydrogen-bond donors (Lipinski definition) is 2. The van der Waals surface area contributed by atoms with Crippen LogP contribution in [0.5, 0.6) is 0 Å². The quantitative estimate of drug-likeness (QED) is 0.567. The van der Waals surface area contributed by atoms with Gasteiger partial charge in [0.05, 0.1) is 0 Å². The molecule has 108 valence electrons. The van der Waals surface area contributed by atoms with Gasteiger partial charge in [0.1, 0.15) is 0 Å². The van der Waals surface area contributed by atoms with E-state index in [2.05, 4.69) is 0 Å². The summed E-state index contributed by atoms with van der Waals surface area (Å²) in [6.45, 7) is 4.50. The first-order valence-corrected chi connectivity index (χ1v) is 6.38. The van der Waals surface area contributed by atoms with E-state index in [1.54, 1.807) is 0 Å². The average Bonchev–Trinajstić information content (AvgIpc) is 3.14. The molecule has 0 radical (unpaired) electrons. The first-order chi connectivity index (χ1) is 8.83. The molecular formula is C16H26HfO2-2. The normalized spacial score (nSPS) is 7.37. The van der Waals surface area contributed by atoms with Gasteiger partial charge in [-0.05, 0) is 12.8 Å². The zero-order chi connectivity index (χ0) is 13.9. The zero-order valence-electron chi connectivity index (χ0n) is 12.0. The summed E-state index contributed by atoms with van der Waals surface area (Å²) in [7, 11) is 0. The smallest absolute Gasteiger partial charge is 0.0428 e. The molecule has 0 bridgehead atoms. The van der Waals surface area contributed by atoms with Crippen molar-refractivity contribution in [3.05, 3.63) is 60.7 Å². The number of hydrogen-bond acceptors (Lipinski definition) is 2. The fourth-order valence-electron chi connectivity index (χ4n) is 0.642. The van der Waals surface area contributed by atoms with Gasteiger partial charge in [0.15, 0.2) is 0 Å². The maximum atomic E-state index is 7.88. The van der Waals surface area contributed by atoms with Gasteiger partial charge in [0.25, 0.3) is 0 Å². The first-order valence-electron chi connectivity index (χ1n) is 6.38. The summed E-state index contributed by atoms with van der Waals surface area (Å²) >= 11 is 0. The molecule has 0 saturated carbocycles. The van der Waals surface area contributed by atoms with E-state index in [4.69, 9.17) is 10.2 Å². The molecule has 2 aromatic carbocycles. The third-order valence-corrected chi connectivity index (χ3v) is 1.56. The Morgan fingerprint density at radius 2 is 0.895 bits per heavy atom. The molecule has 2 nitrogen and oxygen atoms in total. The van der Waals surface area contributed by atoms with Crippen LogP contribution in [0.3, 0.4) is 0 Å². The van der Waals surface area contributed by atoms with Crippen molar-refractivity contribution in [1.82, 2.24) is 0 Å². The molecule has 0 aliphatic carbocycles. The summed E-state index contributed by atoms with van der Waals surface area (Å²) in [5, 5.41) is 15.8. The molecule has 0 unspecified atom stereocenters. The van der Waals surface area contributed by atoms with E-state index in [-0.39, 0.29) is 25.8 Å². The van der Waals surface area contributed by atoms with E-state index in [0.717, 1.165) is 12.8 Å². The van der Waals surface area contributed by atoms with Crippen molar-refractivity contribution in [2.45, 2.75) is 26.7 Å². The van der Waals surface area contributed by atoms with E-state index in [1.165, 1.54) is 0 Å². The largest absolute Gasteiger partial charge is 0.396 e. The van der Waals surface area contributed by atoms with Crippen LogP contribution in [0.4, 0.5) is 0 Å². The predicted octanol–water partition coefficient (Wildman–Crippen LogP) is 3.59. The fraction of sp³-hybridized carbons (Fsp3) is 0.375. The summed E-state index contributed by atoms with van der Waals surface area (Å²) in [6, 6.07) is 20.0. The van der Waals surface area contributed by atoms with Crippen LogP contribution in [0.1, 0.15) is 26.7 Å². The molecule has 0 spiro atoms. The van der Waals surface area contributed by atoms with Crippen LogP contribution < -0.4 is 0 Å². The van der Waals surface area contributed by atoms with Gasteiger partial charge in [0.2, 0.25) is 0 Å². The number of aliphatic hydroxyl groups is 2. The molecule has 2 aromatic rings. The Kier molecular flexibility index (Phi) is 32.4. The van der Waals surface area contributed by atoms with Gasteiger partial charge < -0.3 is 10.2 Å². The molecule has 0 fully saturated rings. The Bertz CT molecular complexity index is 196. The zero-order valence-corrected chi connectivity index (χ0v) is 15.6. The average molecular weight is 429 g/mol. The molecule has 0 heterocycles. The van der Waals surface area contributed by atoms with Gasteiger partial charge in [-0.3, -0.25) is 0 Å². The van der Waals surface area contributed by atoms with Gasteiger partial charge in [-0.25, -0.2) is 24.3 Å². The van der Waals surface area contributed by atoms with Crippen molar-refractivity contribution in [3.63, 3.8) is 0 Å². The van der Waals surface area contributed by atoms with Crippen molar-refractivity contribution in [3.8, 4) is 0 Å². The maximum absolute atomic E-state index is 7.88. The van der Waals surface area contributed by atoms with Gasteiger partial charge in [-0.2, -0.15) is 36.4 Å². The van der Waals surface area contributed by atoms with Gasteiger partial charge in [0, 0.05) is 39.1 Å². The number of aliphatic hydroxyl groups excluding tert-OH is 2. The first kappa shape index (κ1) is 23.6. The van der Waals surface area contributed by atoms with Crippen molar-refractivity contribution in [2.75, 3.05) is 13.2 Å². The molecule has 2 N–H and O–H groups in total. The van der Waals surface area contributed by atoms with Crippen LogP contribution >= 0.6 is 0 Å². The number of rotatable bonds is 2. The maximum Gasteiger partial charge on any atom is 0.0428 e. The van der Waals surface area contributed by atoms with Crippen LogP contribution in [0.15, 0.2) is 60.7 Å². The van der Waals surface area contributed by atoms with E-state index in [0.29, 0.717) is 13.2 Å². The summed E-state index contributed by atoms with van der Waals surface area (Å²) < 4.78 is 0. The molecule has 0 atom stereocenters. The van der Waals surface area contributed by atoms with Crippen LogP contribution in [-0.2, 0) is 25.8 Å². The third-order valence-electron chi connectivity index (χ3n) is 1.56. The summed E-state index contributed by atoms with van der Waals surface area (Å²) in [4.78, 5) is 0. The third kappa shape index (κ3) is 31.8. The Hall–Kier alpha value is -0.510. The standard InChI is InChI=1S/2C5H5.2C3H8O.Hf/c2*1-2-4-5-3-1;2*1-2-3-4;/h2*1-5H;2*4H,2-3H2,1H3;/q2*-1;;;. The minimum atomic E-state index is 0. The Morgan fingerprint density at radius 3 is 0.947 bits per heavy atom. The van der Waals surface area contributed by atoms with Gasteiger partial charge in [-0.1, -0.05) is 13.8 Å². The van der Waals surface area contributed by atoms with Crippen LogP contribution in [-0.4, -0.2) is 23.4 Å². The van der Waals surface area contributed by atoms with E-state index < -0.39 is 0 Å². The second kappa shape index (κ2) is 26.1. The fourth-order valence-corrected chi connectivity index (χ4v) is 0.642. The van der Waals surface area contributed by atoms with E-state index >= 15 is 0 Å². The Labute approximate surface area is 136 Å². The minimum Gasteiger partial charge on any atom is -0.396 e. The summed E-state index contributed by atoms with van der Waals surface area (Å²) in [5.74, 6) is 0. The predicted molar refractivity (Wildman–Crippen MR) is 78.8 cm³/mol. The summed E-state index contributed by atoms with van der Waals surface area (Å²) in [6.07, 6.45) is 1.75. The van der Waals surface area contributed by atoms with Crippen molar-refractivity contribution in [2.24, 2.45) is 0 Å². The molecule has 2 rings (SSSR count). The van der Waals surface area contributed by atoms with Crippen molar-refractivity contribution >= 4 is 0 Å². The molecule has 0 aromatic heterocycles. The van der Waals surface area contributed by atoms with Crippen molar-refractivity contribution < 1.29 is 36.1 Å². The van der Waals surface area contributed by atoms with E-state index in [1.807, 2.05) is 74.5 Å². The monoisotopic (exact) mass is 430 g/mol. The second-order valence-electron chi connectivity index (χ2n) is 3.37. The Morgan fingerprint density at radius 1 is 0.684 bits per heavy atom. The van der Waals surface area contributed by atoms with E-state index in [9.17, 15) is 0 Å². The van der Waals surface area contributed by atoms with Crippen LogP contribution in [0, 0.1) is 0 Å². The summed E-state index contributed by atoms with van der Waals surface area (Å²) in [5.41, 5.74) is 0. The molecule has 3 heteroatoms. The van der Waals surface area contributed by atoms with Crippen LogP contribution in [0.2, 0.25) is 0 Å². The molecule has 0 saturated heterocycles. The topological polar surface area (TPSA) is 40.5 Å². The molecule has 0 amide bonds. The minimum absolute atomic E-state index is 0. The second-order valence-corrected chi connectivity index (χ2v) is 3.37. The molecular weight excluding hydrogens is 403 g/mol. The SMILES string of the molecule is CCCO.CCCO.[Hf].c1cc[cH-]c1.c1cc[cH-]c1. The Balaban J connectivity index is -0.000000178. The molecule has 19 heavy (non-hydrogen) atoms. The van der Waals surface area contributed by atoms with Crippen molar-refractivity contribution in [1.29, 1.82) is 0 Å². The van der Waals surface area contributed by atoms with Gasteiger partial charge in [-0.15, -0.1) is 0 Å². The van der Waals surface area contributed by atoms with Gasteiger partial charge >= 0.3 is 0 Å². The molecule has 0 aliphatic rings. The molecule has 0 aliphatic heterocycles.